The summed E-state index contributed by atoms with van der Waals surface area (Å²) in [5.41, 5.74) is 1.47. The summed E-state index contributed by atoms with van der Waals surface area (Å²) in [6.07, 6.45) is 3.48. The predicted octanol–water partition coefficient (Wildman–Crippen LogP) is 5.45. The second kappa shape index (κ2) is 8.45. The Morgan fingerprint density at radius 1 is 1.15 bits per heavy atom. The van der Waals surface area contributed by atoms with Gasteiger partial charge in [-0.1, -0.05) is 48.0 Å². The third kappa shape index (κ3) is 4.91. The molecule has 0 aromatic heterocycles. The van der Waals surface area contributed by atoms with E-state index in [4.69, 9.17) is 27.9 Å². The Balaban J connectivity index is 1.75. The van der Waals surface area contributed by atoms with Crippen molar-refractivity contribution in [3.63, 3.8) is 0 Å². The molecule has 0 unspecified atom stereocenters. The molecule has 1 aliphatic heterocycles. The van der Waals surface area contributed by atoms with Crippen LogP contribution in [0.4, 0.5) is 5.69 Å². The molecule has 0 atom stereocenters. The van der Waals surface area contributed by atoms with Crippen molar-refractivity contribution >= 4 is 57.8 Å². The predicted molar refractivity (Wildman–Crippen MR) is 109 cm³/mol. The molecule has 1 N–H and O–H groups in total. The number of hydrogen-bond donors (Lipinski definition) is 1. The van der Waals surface area contributed by atoms with Gasteiger partial charge in [-0.05, 0) is 53.7 Å². The number of amides is 1. The molecule has 2 aromatic carbocycles. The van der Waals surface area contributed by atoms with Crippen LogP contribution >= 0.6 is 35.0 Å². The van der Waals surface area contributed by atoms with Crippen LogP contribution in [0.25, 0.3) is 6.08 Å². The molecule has 26 heavy (non-hydrogen) atoms. The number of nitrogens with one attached hydrogen (secondary N) is 1. The summed E-state index contributed by atoms with van der Waals surface area (Å²) in [5.74, 6) is 0.546. The Hall–Kier alpha value is -2.21. The van der Waals surface area contributed by atoms with E-state index < -0.39 is 0 Å². The first-order chi connectivity index (χ1) is 12.5. The van der Waals surface area contributed by atoms with Crippen LogP contribution in [-0.2, 0) is 4.79 Å². The number of rotatable bonds is 5. The van der Waals surface area contributed by atoms with Gasteiger partial charge >= 0.3 is 0 Å². The van der Waals surface area contributed by atoms with E-state index in [1.165, 1.54) is 11.8 Å². The lowest BCUT2D eigenvalue weighted by molar-refractivity contribution is -0.115. The van der Waals surface area contributed by atoms with E-state index in [9.17, 15) is 4.79 Å². The van der Waals surface area contributed by atoms with Crippen LogP contribution < -0.4 is 10.1 Å². The molecule has 132 valence electrons. The Bertz CT molecular complexity index is 888. The van der Waals surface area contributed by atoms with Crippen molar-refractivity contribution in [1.82, 2.24) is 5.32 Å². The Morgan fingerprint density at radius 3 is 2.50 bits per heavy atom. The van der Waals surface area contributed by atoms with Gasteiger partial charge in [0.2, 0.25) is 0 Å². The first kappa shape index (κ1) is 18.6. The highest BCUT2D eigenvalue weighted by atomic mass is 35.5. The molecule has 0 radical (unpaired) electrons. The highest BCUT2D eigenvalue weighted by Crippen LogP contribution is 2.30. The maximum absolute atomic E-state index is 12.2. The molecular formula is C19H14Cl2N2O2S. The van der Waals surface area contributed by atoms with Crippen LogP contribution in [0.3, 0.4) is 0 Å². The number of benzene rings is 2. The molecular weight excluding hydrogens is 391 g/mol. The molecule has 1 amide bonds. The van der Waals surface area contributed by atoms with Gasteiger partial charge in [0, 0.05) is 10.0 Å². The summed E-state index contributed by atoms with van der Waals surface area (Å²) in [6.45, 7) is 4.06. The van der Waals surface area contributed by atoms with Crippen LogP contribution in [0.15, 0.2) is 65.0 Å². The standard InChI is InChI=1S/C19H14Cl2N2O2S/c1-2-7-25-16-5-3-12(4-6-16)8-17-18(24)23-19(26-17)22-15-10-13(20)9-14(21)11-15/h2-6,8-11H,1,7H2,(H,22,23,24)/b17-8+. The van der Waals surface area contributed by atoms with Crippen molar-refractivity contribution in [1.29, 1.82) is 0 Å². The largest absolute Gasteiger partial charge is 0.490 e. The second-order valence-corrected chi connectivity index (χ2v) is 7.18. The SMILES string of the molecule is C=CCOc1ccc(/C=C2/SC(=Nc3cc(Cl)cc(Cl)c3)NC2=O)cc1. The van der Waals surface area contributed by atoms with Gasteiger partial charge in [0.15, 0.2) is 5.17 Å². The average molecular weight is 405 g/mol. The molecule has 0 bridgehead atoms. The first-order valence-electron chi connectivity index (χ1n) is 7.63. The van der Waals surface area contributed by atoms with Gasteiger partial charge in [0.25, 0.3) is 5.91 Å². The number of thioether (sulfide) groups is 1. The van der Waals surface area contributed by atoms with Crippen molar-refractivity contribution < 1.29 is 9.53 Å². The zero-order valence-electron chi connectivity index (χ0n) is 13.5. The minimum Gasteiger partial charge on any atom is -0.490 e. The molecule has 0 aliphatic carbocycles. The van der Waals surface area contributed by atoms with Gasteiger partial charge in [-0.25, -0.2) is 4.99 Å². The van der Waals surface area contributed by atoms with Crippen molar-refractivity contribution in [2.45, 2.75) is 0 Å². The summed E-state index contributed by atoms with van der Waals surface area (Å²) in [4.78, 5) is 17.1. The van der Waals surface area contributed by atoms with Crippen molar-refractivity contribution in [2.75, 3.05) is 6.61 Å². The molecule has 1 heterocycles. The number of ether oxygens (including phenoxy) is 1. The molecule has 1 aliphatic rings. The molecule has 0 spiro atoms. The lowest BCUT2D eigenvalue weighted by Gasteiger charge is -2.03. The maximum Gasteiger partial charge on any atom is 0.264 e. The van der Waals surface area contributed by atoms with Crippen LogP contribution in [0.2, 0.25) is 10.0 Å². The van der Waals surface area contributed by atoms with E-state index in [0.717, 1.165) is 11.3 Å². The van der Waals surface area contributed by atoms with Crippen LogP contribution in [-0.4, -0.2) is 17.7 Å². The molecule has 4 nitrogen and oxygen atoms in total. The van der Waals surface area contributed by atoms with E-state index in [1.807, 2.05) is 24.3 Å². The summed E-state index contributed by atoms with van der Waals surface area (Å²) in [7, 11) is 0. The van der Waals surface area contributed by atoms with Crippen LogP contribution in [0.1, 0.15) is 5.56 Å². The highest BCUT2D eigenvalue weighted by molar-refractivity contribution is 8.18. The fourth-order valence-corrected chi connectivity index (χ4v) is 3.52. The molecule has 0 saturated carbocycles. The van der Waals surface area contributed by atoms with Crippen LogP contribution in [0, 0.1) is 0 Å². The zero-order chi connectivity index (χ0) is 18.5. The van der Waals surface area contributed by atoms with E-state index in [-0.39, 0.29) is 5.91 Å². The fourth-order valence-electron chi connectivity index (χ4n) is 2.17. The molecule has 1 fully saturated rings. The summed E-state index contributed by atoms with van der Waals surface area (Å²) in [5, 5.41) is 4.19. The second-order valence-electron chi connectivity index (χ2n) is 5.28. The third-order valence-electron chi connectivity index (χ3n) is 3.27. The zero-order valence-corrected chi connectivity index (χ0v) is 15.9. The minimum absolute atomic E-state index is 0.200. The Morgan fingerprint density at radius 2 is 1.85 bits per heavy atom. The molecule has 1 saturated heterocycles. The number of carbonyl (C=O) groups is 1. The maximum atomic E-state index is 12.2. The monoisotopic (exact) mass is 404 g/mol. The summed E-state index contributed by atoms with van der Waals surface area (Å²) < 4.78 is 5.44. The molecule has 7 heteroatoms. The van der Waals surface area contributed by atoms with Gasteiger partial charge in [-0.15, -0.1) is 0 Å². The van der Waals surface area contributed by atoms with Gasteiger partial charge in [-0.3, -0.25) is 4.79 Å². The number of carbonyl (C=O) groups excluding carboxylic acids is 1. The van der Waals surface area contributed by atoms with Gasteiger partial charge in [0.05, 0.1) is 10.6 Å². The topological polar surface area (TPSA) is 50.7 Å². The van der Waals surface area contributed by atoms with E-state index >= 15 is 0 Å². The fraction of sp³-hybridized carbons (Fsp3) is 0.0526. The lowest BCUT2D eigenvalue weighted by atomic mass is 10.2. The number of amidine groups is 1. The lowest BCUT2D eigenvalue weighted by Crippen LogP contribution is -2.19. The Labute approximate surface area is 165 Å². The summed E-state index contributed by atoms with van der Waals surface area (Å²) >= 11 is 13.2. The Kier molecular flexibility index (Phi) is 6.04. The van der Waals surface area contributed by atoms with E-state index in [1.54, 1.807) is 30.4 Å². The van der Waals surface area contributed by atoms with Crippen molar-refractivity contribution in [3.8, 4) is 5.75 Å². The quantitative estimate of drug-likeness (QED) is 0.532. The number of halogens is 2. The van der Waals surface area contributed by atoms with Gasteiger partial charge in [-0.2, -0.15) is 0 Å². The van der Waals surface area contributed by atoms with Crippen molar-refractivity contribution in [2.24, 2.45) is 4.99 Å². The minimum atomic E-state index is -0.200. The van der Waals surface area contributed by atoms with Gasteiger partial charge in [0.1, 0.15) is 12.4 Å². The van der Waals surface area contributed by atoms with E-state index in [2.05, 4.69) is 16.9 Å². The number of hydrogen-bond acceptors (Lipinski definition) is 4. The normalized spacial score (nSPS) is 16.8. The van der Waals surface area contributed by atoms with Gasteiger partial charge < -0.3 is 10.1 Å². The first-order valence-corrected chi connectivity index (χ1v) is 9.20. The third-order valence-corrected chi connectivity index (χ3v) is 4.62. The summed E-state index contributed by atoms with van der Waals surface area (Å²) in [6, 6.07) is 12.4. The smallest absolute Gasteiger partial charge is 0.264 e. The van der Waals surface area contributed by atoms with E-state index in [0.29, 0.717) is 32.4 Å². The number of aliphatic imine (C=N–C) groups is 1. The highest BCUT2D eigenvalue weighted by Gasteiger charge is 2.23. The molecule has 2 aromatic rings. The van der Waals surface area contributed by atoms with Crippen LogP contribution in [0.5, 0.6) is 5.75 Å². The van der Waals surface area contributed by atoms with Crippen molar-refractivity contribution in [3.05, 3.63) is 75.6 Å². The molecule has 3 rings (SSSR count). The average Bonchev–Trinajstić information content (AvgIpc) is 2.92. The number of nitrogens with zero attached hydrogens (tertiary/aromatic N) is 1.